The molecule has 2 fully saturated rings. The summed E-state index contributed by atoms with van der Waals surface area (Å²) in [6.45, 7) is 7.37. The Labute approximate surface area is 215 Å². The average molecular weight is 512 g/mol. The smallest absolute Gasteiger partial charge is 0.304 e. The maximum atomic E-state index is 13.5. The molecule has 0 radical (unpaired) electrons. The van der Waals surface area contributed by atoms with Gasteiger partial charge in [-0.25, -0.2) is 0 Å². The van der Waals surface area contributed by atoms with Crippen LogP contribution in [0.4, 0.5) is 11.4 Å². The van der Waals surface area contributed by atoms with E-state index in [0.29, 0.717) is 23.5 Å². The third-order valence-corrected chi connectivity index (χ3v) is 7.33. The number of hydrogen-bond donors (Lipinski definition) is 2. The molecule has 2 saturated heterocycles. The topological polar surface area (TPSA) is 128 Å². The average Bonchev–Trinajstić information content (AvgIpc) is 3.42. The molecule has 2 N–H and O–H groups in total. The Balaban J connectivity index is 1.60. The second kappa shape index (κ2) is 10.5. The van der Waals surface area contributed by atoms with E-state index in [1.165, 1.54) is 16.7 Å². The Morgan fingerprint density at radius 2 is 2.08 bits per heavy atom. The minimum absolute atomic E-state index is 0.0593. The fraction of sp³-hybridized carbons (Fsp3) is 0.481. The Bertz CT molecular complexity index is 1150. The van der Waals surface area contributed by atoms with Gasteiger partial charge in [0.25, 0.3) is 5.91 Å². The molecular formula is C27H33N3O7. The van der Waals surface area contributed by atoms with E-state index in [4.69, 9.17) is 4.74 Å². The molecule has 37 heavy (non-hydrogen) atoms. The number of aliphatic hydroxyl groups is 2. The minimum atomic E-state index is -1.94. The van der Waals surface area contributed by atoms with Crippen LogP contribution in [0.3, 0.4) is 0 Å². The molecular weight excluding hydrogens is 478 g/mol. The van der Waals surface area contributed by atoms with Crippen molar-refractivity contribution in [3.8, 4) is 0 Å². The van der Waals surface area contributed by atoms with Gasteiger partial charge in [-0.1, -0.05) is 25.2 Å². The first-order chi connectivity index (χ1) is 17.6. The van der Waals surface area contributed by atoms with Gasteiger partial charge in [0.15, 0.2) is 11.8 Å². The zero-order chi connectivity index (χ0) is 26.9. The molecule has 0 aliphatic carbocycles. The molecule has 0 saturated carbocycles. The number of carbonyl (C=O) groups is 4. The Morgan fingerprint density at radius 1 is 1.32 bits per heavy atom. The number of amides is 3. The molecule has 1 aromatic rings. The van der Waals surface area contributed by atoms with Crippen LogP contribution in [0.5, 0.6) is 0 Å². The van der Waals surface area contributed by atoms with Crippen LogP contribution >= 0.6 is 0 Å². The van der Waals surface area contributed by atoms with Crippen molar-refractivity contribution in [3.05, 3.63) is 48.6 Å². The number of likely N-dealkylation sites (tertiary alicyclic amines) is 1. The molecule has 198 valence electrons. The molecule has 0 spiro atoms. The van der Waals surface area contributed by atoms with Gasteiger partial charge in [-0.05, 0) is 31.0 Å². The highest BCUT2D eigenvalue weighted by Crippen LogP contribution is 2.47. The van der Waals surface area contributed by atoms with Crippen molar-refractivity contribution in [3.63, 3.8) is 0 Å². The molecule has 10 nitrogen and oxygen atoms in total. The zero-order valence-corrected chi connectivity index (χ0v) is 21.1. The van der Waals surface area contributed by atoms with E-state index in [0.717, 1.165) is 12.8 Å². The van der Waals surface area contributed by atoms with E-state index in [-0.39, 0.29) is 43.8 Å². The number of rotatable bonds is 9. The van der Waals surface area contributed by atoms with Crippen molar-refractivity contribution >= 4 is 35.1 Å². The number of ether oxygens (including phenoxy) is 1. The lowest BCUT2D eigenvalue weighted by Gasteiger charge is -2.39. The standard InChI is InChI=1S/C27H33N3O7/c1-4-12-29-22-11-10-19(30-24(34)15-25(30)37-18(3)32)14-21(22)27(36,26(29)35)17(2)7-5-9-23(33)28-13-6-8-20(28)16-31/h4-5,7,10-11,14,17,20,25,31,36H,1,6,8-9,12-13,15-16H2,2-3H3/b7-5+/t17-,20+,25?,27+/m1/s1. The van der Waals surface area contributed by atoms with Crippen LogP contribution in [0.1, 0.15) is 45.1 Å². The lowest BCUT2D eigenvalue weighted by molar-refractivity contribution is -0.154. The van der Waals surface area contributed by atoms with Crippen LogP contribution in [0, 0.1) is 5.92 Å². The second-order valence-corrected chi connectivity index (χ2v) is 9.69. The normalized spacial score (nSPS) is 25.9. The Hall–Kier alpha value is -3.50. The van der Waals surface area contributed by atoms with Gasteiger partial charge in [-0.15, -0.1) is 6.58 Å². The van der Waals surface area contributed by atoms with Crippen LogP contribution in [0.25, 0.3) is 0 Å². The van der Waals surface area contributed by atoms with Gasteiger partial charge < -0.3 is 24.7 Å². The molecule has 3 aliphatic heterocycles. The van der Waals surface area contributed by atoms with Gasteiger partial charge >= 0.3 is 5.97 Å². The highest BCUT2D eigenvalue weighted by Gasteiger charge is 2.53. The van der Waals surface area contributed by atoms with Crippen molar-refractivity contribution < 1.29 is 34.1 Å². The summed E-state index contributed by atoms with van der Waals surface area (Å²) >= 11 is 0. The molecule has 0 aromatic heterocycles. The number of β-lactam (4-membered cyclic amide) rings is 1. The van der Waals surface area contributed by atoms with Crippen LogP contribution in [-0.2, 0) is 29.5 Å². The number of hydrogen-bond acceptors (Lipinski definition) is 7. The highest BCUT2D eigenvalue weighted by atomic mass is 16.6. The number of carbonyl (C=O) groups excluding carboxylic acids is 4. The number of benzene rings is 1. The number of anilines is 2. The molecule has 1 aromatic carbocycles. The van der Waals surface area contributed by atoms with Crippen LogP contribution < -0.4 is 9.80 Å². The maximum absolute atomic E-state index is 13.5. The largest absolute Gasteiger partial charge is 0.441 e. The fourth-order valence-electron chi connectivity index (χ4n) is 5.36. The van der Waals surface area contributed by atoms with Gasteiger partial charge in [-0.3, -0.25) is 24.1 Å². The van der Waals surface area contributed by atoms with E-state index in [9.17, 15) is 29.4 Å². The van der Waals surface area contributed by atoms with Crippen LogP contribution in [0.2, 0.25) is 0 Å². The van der Waals surface area contributed by atoms with Gasteiger partial charge in [0, 0.05) is 43.6 Å². The van der Waals surface area contributed by atoms with Gasteiger partial charge in [0.05, 0.1) is 24.8 Å². The van der Waals surface area contributed by atoms with Crippen molar-refractivity contribution in [2.24, 2.45) is 5.92 Å². The molecule has 3 heterocycles. The fourth-order valence-corrected chi connectivity index (χ4v) is 5.36. The third-order valence-electron chi connectivity index (χ3n) is 7.33. The Morgan fingerprint density at radius 3 is 2.73 bits per heavy atom. The molecule has 10 heteroatoms. The molecule has 4 atom stereocenters. The SMILES string of the molecule is C=CCN1C(=O)[C@](O)([C@H](C)/C=C/CC(=O)N2CCC[C@H]2CO)c2cc(N3C(=O)CC3OC(C)=O)ccc21. The van der Waals surface area contributed by atoms with E-state index in [1.807, 2.05) is 0 Å². The molecule has 1 unspecified atom stereocenters. The van der Waals surface area contributed by atoms with Gasteiger partial charge in [0.2, 0.25) is 11.8 Å². The summed E-state index contributed by atoms with van der Waals surface area (Å²) in [5.74, 6) is -2.11. The number of fused-ring (bicyclic) bond motifs is 1. The maximum Gasteiger partial charge on any atom is 0.304 e. The quantitative estimate of drug-likeness (QED) is 0.293. The van der Waals surface area contributed by atoms with Crippen molar-refractivity contribution in [2.75, 3.05) is 29.5 Å². The first-order valence-electron chi connectivity index (χ1n) is 12.5. The third kappa shape index (κ3) is 4.67. The molecule has 3 amide bonds. The van der Waals surface area contributed by atoms with Gasteiger partial charge in [-0.2, -0.15) is 0 Å². The van der Waals surface area contributed by atoms with Crippen molar-refractivity contribution in [2.45, 2.75) is 57.4 Å². The lowest BCUT2D eigenvalue weighted by Crippen LogP contribution is -2.55. The Kier molecular flexibility index (Phi) is 7.52. The number of aliphatic hydroxyl groups excluding tert-OH is 1. The summed E-state index contributed by atoms with van der Waals surface area (Å²) < 4.78 is 5.21. The summed E-state index contributed by atoms with van der Waals surface area (Å²) in [5.41, 5.74) is -0.725. The summed E-state index contributed by atoms with van der Waals surface area (Å²) in [6, 6.07) is 4.71. The molecule has 4 rings (SSSR count). The van der Waals surface area contributed by atoms with Crippen molar-refractivity contribution in [1.82, 2.24) is 4.90 Å². The predicted molar refractivity (Wildman–Crippen MR) is 135 cm³/mol. The molecule has 0 bridgehead atoms. The molecule has 3 aliphatic rings. The van der Waals surface area contributed by atoms with Crippen LogP contribution in [0.15, 0.2) is 43.0 Å². The second-order valence-electron chi connectivity index (χ2n) is 9.69. The summed E-state index contributed by atoms with van der Waals surface area (Å²) in [5, 5.41) is 21.3. The number of nitrogens with zero attached hydrogens (tertiary/aromatic N) is 3. The highest BCUT2D eigenvalue weighted by molar-refractivity contribution is 6.08. The van der Waals surface area contributed by atoms with E-state index < -0.39 is 29.6 Å². The number of esters is 1. The van der Waals surface area contributed by atoms with E-state index >= 15 is 0 Å². The lowest BCUT2D eigenvalue weighted by atomic mass is 9.82. The summed E-state index contributed by atoms with van der Waals surface area (Å²) in [6.07, 6.45) is 5.86. The summed E-state index contributed by atoms with van der Waals surface area (Å²) in [4.78, 5) is 54.3. The summed E-state index contributed by atoms with van der Waals surface area (Å²) in [7, 11) is 0. The zero-order valence-electron chi connectivity index (χ0n) is 21.1. The van der Waals surface area contributed by atoms with Crippen molar-refractivity contribution in [1.29, 1.82) is 0 Å². The first-order valence-corrected chi connectivity index (χ1v) is 12.5. The predicted octanol–water partition coefficient (Wildman–Crippen LogP) is 1.60. The van der Waals surface area contributed by atoms with Crippen LogP contribution in [-0.4, -0.2) is 70.8 Å². The van der Waals surface area contributed by atoms with E-state index in [2.05, 4.69) is 6.58 Å². The first kappa shape index (κ1) is 26.6. The van der Waals surface area contributed by atoms with E-state index in [1.54, 1.807) is 48.3 Å². The minimum Gasteiger partial charge on any atom is -0.441 e. The van der Waals surface area contributed by atoms with Gasteiger partial charge in [0.1, 0.15) is 0 Å². The monoisotopic (exact) mass is 511 g/mol.